The van der Waals surface area contributed by atoms with Gasteiger partial charge in [0.2, 0.25) is 5.91 Å². The number of hydrogen-bond donors (Lipinski definition) is 1. The minimum absolute atomic E-state index is 0.0608. The van der Waals surface area contributed by atoms with Gasteiger partial charge in [-0.25, -0.2) is 0 Å². The van der Waals surface area contributed by atoms with Crippen LogP contribution in [0, 0.1) is 10.1 Å². The van der Waals surface area contributed by atoms with Gasteiger partial charge in [0.25, 0.3) is 5.69 Å². The molecule has 0 aliphatic carbocycles. The van der Waals surface area contributed by atoms with Crippen LogP contribution >= 0.6 is 23.4 Å². The number of hydrogen-bond acceptors (Lipinski definition) is 4. The standard InChI is InChI=1S/C17H17ClN2O3S/c1-12(14-3-2-4-15(18)9-14)19-17(21)11-24-10-13-5-7-16(8-6-13)20(22)23/h2-9,12H,10-11H2,1H3,(H,19,21)/t12-/m1/s1. The number of nitrogens with zero attached hydrogens (tertiary/aromatic N) is 1. The summed E-state index contributed by atoms with van der Waals surface area (Å²) in [5, 5.41) is 14.2. The second-order valence-electron chi connectivity index (χ2n) is 5.26. The number of non-ortho nitro benzene ring substituents is 1. The summed E-state index contributed by atoms with van der Waals surface area (Å²) >= 11 is 7.41. The summed E-state index contributed by atoms with van der Waals surface area (Å²) in [5.41, 5.74) is 1.97. The van der Waals surface area contributed by atoms with E-state index in [0.29, 0.717) is 16.5 Å². The highest BCUT2D eigenvalue weighted by Crippen LogP contribution is 2.19. The van der Waals surface area contributed by atoms with Crippen molar-refractivity contribution in [1.82, 2.24) is 5.32 Å². The molecule has 0 heterocycles. The van der Waals surface area contributed by atoms with Crippen LogP contribution in [-0.2, 0) is 10.5 Å². The second kappa shape index (κ2) is 8.70. The van der Waals surface area contributed by atoms with Gasteiger partial charge in [-0.3, -0.25) is 14.9 Å². The van der Waals surface area contributed by atoms with Crippen LogP contribution in [0.15, 0.2) is 48.5 Å². The first kappa shape index (κ1) is 18.3. The Labute approximate surface area is 149 Å². The molecule has 0 aliphatic rings. The summed E-state index contributed by atoms with van der Waals surface area (Å²) in [5.74, 6) is 0.883. The van der Waals surface area contributed by atoms with Gasteiger partial charge in [-0.05, 0) is 30.2 Å². The van der Waals surface area contributed by atoms with Crippen LogP contribution in [0.1, 0.15) is 24.1 Å². The molecule has 2 aromatic carbocycles. The number of carbonyl (C=O) groups is 1. The van der Waals surface area contributed by atoms with Crippen LogP contribution < -0.4 is 5.32 Å². The van der Waals surface area contributed by atoms with E-state index in [1.54, 1.807) is 18.2 Å². The summed E-state index contributed by atoms with van der Waals surface area (Å²) in [4.78, 5) is 22.2. The number of amides is 1. The van der Waals surface area contributed by atoms with Gasteiger partial charge in [-0.2, -0.15) is 0 Å². The summed E-state index contributed by atoms with van der Waals surface area (Å²) in [6.07, 6.45) is 0. The maximum absolute atomic E-state index is 12.0. The molecule has 1 N–H and O–H groups in total. The van der Waals surface area contributed by atoms with Crippen molar-refractivity contribution in [2.24, 2.45) is 0 Å². The number of rotatable bonds is 7. The Hall–Kier alpha value is -2.05. The number of nitrogens with one attached hydrogen (secondary N) is 1. The monoisotopic (exact) mass is 364 g/mol. The third-order valence-corrected chi connectivity index (χ3v) is 4.61. The molecular weight excluding hydrogens is 348 g/mol. The molecule has 24 heavy (non-hydrogen) atoms. The van der Waals surface area contributed by atoms with E-state index in [2.05, 4.69) is 5.32 Å². The molecule has 5 nitrogen and oxygen atoms in total. The molecule has 0 unspecified atom stereocenters. The average Bonchev–Trinajstić information content (AvgIpc) is 2.55. The second-order valence-corrected chi connectivity index (χ2v) is 6.68. The Bertz CT molecular complexity index is 722. The van der Waals surface area contributed by atoms with Gasteiger partial charge >= 0.3 is 0 Å². The van der Waals surface area contributed by atoms with E-state index in [1.807, 2.05) is 25.1 Å². The van der Waals surface area contributed by atoms with Crippen LogP contribution in [0.5, 0.6) is 0 Å². The molecule has 1 atom stereocenters. The van der Waals surface area contributed by atoms with Gasteiger partial charge in [-0.15, -0.1) is 11.8 Å². The van der Waals surface area contributed by atoms with Gasteiger partial charge in [0, 0.05) is 22.9 Å². The lowest BCUT2D eigenvalue weighted by Crippen LogP contribution is -2.28. The lowest BCUT2D eigenvalue weighted by molar-refractivity contribution is -0.384. The summed E-state index contributed by atoms with van der Waals surface area (Å²) < 4.78 is 0. The largest absolute Gasteiger partial charge is 0.349 e. The lowest BCUT2D eigenvalue weighted by atomic mass is 10.1. The van der Waals surface area contributed by atoms with Crippen LogP contribution in [0.4, 0.5) is 5.69 Å². The SMILES string of the molecule is C[C@@H](NC(=O)CSCc1ccc([N+](=O)[O-])cc1)c1cccc(Cl)c1. The van der Waals surface area contributed by atoms with E-state index in [-0.39, 0.29) is 17.6 Å². The van der Waals surface area contributed by atoms with Crippen LogP contribution in [0.2, 0.25) is 5.02 Å². The van der Waals surface area contributed by atoms with Crippen LogP contribution in [-0.4, -0.2) is 16.6 Å². The van der Waals surface area contributed by atoms with E-state index in [4.69, 9.17) is 11.6 Å². The molecule has 126 valence electrons. The zero-order valence-electron chi connectivity index (χ0n) is 13.1. The van der Waals surface area contributed by atoms with E-state index in [9.17, 15) is 14.9 Å². The van der Waals surface area contributed by atoms with Crippen molar-refractivity contribution >= 4 is 35.0 Å². The molecular formula is C17H17ClN2O3S. The Balaban J connectivity index is 1.77. The number of nitro groups is 1. The highest BCUT2D eigenvalue weighted by atomic mass is 35.5. The van der Waals surface area contributed by atoms with Crippen molar-refractivity contribution in [3.8, 4) is 0 Å². The molecule has 7 heteroatoms. The lowest BCUT2D eigenvalue weighted by Gasteiger charge is -2.14. The minimum atomic E-state index is -0.429. The summed E-state index contributed by atoms with van der Waals surface area (Å²) in [6, 6.07) is 13.6. The number of nitro benzene ring substituents is 1. The quantitative estimate of drug-likeness (QED) is 0.585. The third kappa shape index (κ3) is 5.54. The van der Waals surface area contributed by atoms with Gasteiger partial charge in [0.15, 0.2) is 0 Å². The highest BCUT2D eigenvalue weighted by molar-refractivity contribution is 7.99. The zero-order chi connectivity index (χ0) is 17.5. The molecule has 2 rings (SSSR count). The van der Waals surface area contributed by atoms with Crippen molar-refractivity contribution in [1.29, 1.82) is 0 Å². The van der Waals surface area contributed by atoms with Crippen molar-refractivity contribution in [3.05, 3.63) is 74.8 Å². The number of thioether (sulfide) groups is 1. The fourth-order valence-electron chi connectivity index (χ4n) is 2.12. The Morgan fingerprint density at radius 1 is 1.29 bits per heavy atom. The predicted molar refractivity (Wildman–Crippen MR) is 97.3 cm³/mol. The molecule has 0 radical (unpaired) electrons. The smallest absolute Gasteiger partial charge is 0.269 e. The Morgan fingerprint density at radius 2 is 2.00 bits per heavy atom. The number of carbonyl (C=O) groups excluding carboxylic acids is 1. The average molecular weight is 365 g/mol. The van der Waals surface area contributed by atoms with Crippen molar-refractivity contribution < 1.29 is 9.72 Å². The zero-order valence-corrected chi connectivity index (χ0v) is 14.6. The molecule has 0 bridgehead atoms. The minimum Gasteiger partial charge on any atom is -0.349 e. The molecule has 0 aromatic heterocycles. The first-order valence-electron chi connectivity index (χ1n) is 7.31. The predicted octanol–water partition coefficient (Wildman–Crippen LogP) is 4.36. The maximum Gasteiger partial charge on any atom is 0.269 e. The van der Waals surface area contributed by atoms with E-state index < -0.39 is 4.92 Å². The van der Waals surface area contributed by atoms with Crippen LogP contribution in [0.3, 0.4) is 0 Å². The highest BCUT2D eigenvalue weighted by Gasteiger charge is 2.10. The molecule has 0 fully saturated rings. The van der Waals surface area contributed by atoms with Gasteiger partial charge < -0.3 is 5.32 Å². The maximum atomic E-state index is 12.0. The molecule has 0 saturated heterocycles. The van der Waals surface area contributed by atoms with E-state index in [1.165, 1.54) is 23.9 Å². The fraction of sp³-hybridized carbons (Fsp3) is 0.235. The Morgan fingerprint density at radius 3 is 2.62 bits per heavy atom. The van der Waals surface area contributed by atoms with Gasteiger partial charge in [0.05, 0.1) is 16.7 Å². The molecule has 0 saturated carbocycles. The summed E-state index contributed by atoms with van der Waals surface area (Å²) in [7, 11) is 0. The number of halogens is 1. The summed E-state index contributed by atoms with van der Waals surface area (Å²) in [6.45, 7) is 1.91. The normalized spacial score (nSPS) is 11.8. The van der Waals surface area contributed by atoms with Gasteiger partial charge in [0.1, 0.15) is 0 Å². The molecule has 2 aromatic rings. The van der Waals surface area contributed by atoms with Crippen molar-refractivity contribution in [2.45, 2.75) is 18.7 Å². The first-order chi connectivity index (χ1) is 11.5. The molecule has 0 aliphatic heterocycles. The third-order valence-electron chi connectivity index (χ3n) is 3.38. The van der Waals surface area contributed by atoms with Crippen molar-refractivity contribution in [2.75, 3.05) is 5.75 Å². The fourth-order valence-corrected chi connectivity index (χ4v) is 3.12. The Kier molecular flexibility index (Phi) is 6.63. The van der Waals surface area contributed by atoms with E-state index in [0.717, 1.165) is 11.1 Å². The molecule has 1 amide bonds. The van der Waals surface area contributed by atoms with Crippen LogP contribution in [0.25, 0.3) is 0 Å². The number of benzene rings is 2. The topological polar surface area (TPSA) is 72.2 Å². The molecule has 0 spiro atoms. The van der Waals surface area contributed by atoms with Gasteiger partial charge in [-0.1, -0.05) is 35.9 Å². The van der Waals surface area contributed by atoms with E-state index >= 15 is 0 Å². The first-order valence-corrected chi connectivity index (χ1v) is 8.85. The van der Waals surface area contributed by atoms with Crippen molar-refractivity contribution in [3.63, 3.8) is 0 Å².